The Hall–Kier alpha value is -3.39. The Labute approximate surface area is 190 Å². The Bertz CT molecular complexity index is 1080. The van der Waals surface area contributed by atoms with Crippen molar-refractivity contribution in [3.8, 4) is 11.4 Å². The molecule has 3 aromatic rings. The summed E-state index contributed by atoms with van der Waals surface area (Å²) < 4.78 is 10.5. The Morgan fingerprint density at radius 2 is 1.91 bits per heavy atom. The highest BCUT2D eigenvalue weighted by atomic mass is 35.5. The van der Waals surface area contributed by atoms with E-state index < -0.39 is 5.97 Å². The van der Waals surface area contributed by atoms with E-state index in [1.54, 1.807) is 48.2 Å². The molecule has 9 heteroatoms. The molecular weight excluding hydrogens is 432 g/mol. The molecule has 0 spiro atoms. The summed E-state index contributed by atoms with van der Waals surface area (Å²) in [6, 6.07) is 13.2. The first-order chi connectivity index (χ1) is 15.5. The fourth-order valence-electron chi connectivity index (χ4n) is 3.62. The molecule has 32 heavy (non-hydrogen) atoms. The Morgan fingerprint density at radius 1 is 1.16 bits per heavy atom. The number of ether oxygens (including phenoxy) is 1. The summed E-state index contributed by atoms with van der Waals surface area (Å²) in [5, 5.41) is 7.59. The van der Waals surface area contributed by atoms with Crippen LogP contribution in [0.15, 0.2) is 53.1 Å². The molecule has 4 rings (SSSR count). The standard InChI is InChI=1S/C23H23ClN4O4/c1-2-31-22(29)16-8-12-18(13-9-16)25-23(30)28-14-4-3-5-19(28)21-26-20(27-32-21)15-6-10-17(24)11-7-15/h6-13,19H,2-5,14H2,1H3,(H,25,30). The minimum atomic E-state index is -0.394. The van der Waals surface area contributed by atoms with Crippen LogP contribution < -0.4 is 5.32 Å². The van der Waals surface area contributed by atoms with Gasteiger partial charge in [-0.15, -0.1) is 0 Å². The van der Waals surface area contributed by atoms with Crippen molar-refractivity contribution in [2.45, 2.75) is 32.2 Å². The molecule has 166 valence electrons. The molecule has 1 saturated heterocycles. The minimum Gasteiger partial charge on any atom is -0.462 e. The maximum absolute atomic E-state index is 13.0. The number of amides is 2. The number of urea groups is 1. The van der Waals surface area contributed by atoms with Crippen LogP contribution in [0.5, 0.6) is 0 Å². The first kappa shape index (κ1) is 21.8. The van der Waals surface area contributed by atoms with Gasteiger partial charge in [-0.1, -0.05) is 16.8 Å². The summed E-state index contributed by atoms with van der Waals surface area (Å²) in [6.07, 6.45) is 2.59. The molecule has 1 fully saturated rings. The number of carbonyl (C=O) groups is 2. The zero-order valence-corrected chi connectivity index (χ0v) is 18.3. The van der Waals surface area contributed by atoms with E-state index >= 15 is 0 Å². The van der Waals surface area contributed by atoms with Crippen LogP contribution >= 0.6 is 11.6 Å². The molecule has 1 unspecified atom stereocenters. The SMILES string of the molecule is CCOC(=O)c1ccc(NC(=O)N2CCCCC2c2nc(-c3ccc(Cl)cc3)no2)cc1. The molecule has 1 aromatic heterocycles. The molecule has 2 heterocycles. The van der Waals surface area contributed by atoms with Gasteiger partial charge in [0, 0.05) is 22.8 Å². The van der Waals surface area contributed by atoms with Crippen LogP contribution in [-0.2, 0) is 4.74 Å². The van der Waals surface area contributed by atoms with E-state index in [0.717, 1.165) is 24.8 Å². The zero-order valence-electron chi connectivity index (χ0n) is 17.6. The smallest absolute Gasteiger partial charge is 0.338 e. The Balaban J connectivity index is 1.47. The van der Waals surface area contributed by atoms with E-state index in [2.05, 4.69) is 15.5 Å². The number of hydrogen-bond acceptors (Lipinski definition) is 6. The average molecular weight is 455 g/mol. The number of rotatable bonds is 5. The number of benzene rings is 2. The van der Waals surface area contributed by atoms with Gasteiger partial charge in [0.15, 0.2) is 0 Å². The molecule has 0 bridgehead atoms. The van der Waals surface area contributed by atoms with Gasteiger partial charge < -0.3 is 19.5 Å². The van der Waals surface area contributed by atoms with Crippen LogP contribution in [0.1, 0.15) is 48.5 Å². The van der Waals surface area contributed by atoms with Crippen molar-refractivity contribution >= 4 is 29.3 Å². The number of halogens is 1. The lowest BCUT2D eigenvalue weighted by molar-refractivity contribution is 0.0526. The second kappa shape index (κ2) is 9.82. The number of esters is 1. The number of piperidine rings is 1. The summed E-state index contributed by atoms with van der Waals surface area (Å²) in [4.78, 5) is 31.0. The number of nitrogens with zero attached hydrogens (tertiary/aromatic N) is 3. The molecule has 0 saturated carbocycles. The number of anilines is 1. The lowest BCUT2D eigenvalue weighted by Crippen LogP contribution is -2.41. The number of aromatic nitrogens is 2. The Morgan fingerprint density at radius 3 is 2.62 bits per heavy atom. The molecule has 2 aromatic carbocycles. The van der Waals surface area contributed by atoms with Gasteiger partial charge in [0.2, 0.25) is 11.7 Å². The van der Waals surface area contributed by atoms with Gasteiger partial charge in [-0.25, -0.2) is 9.59 Å². The van der Waals surface area contributed by atoms with Crippen molar-refractivity contribution in [2.75, 3.05) is 18.5 Å². The highest BCUT2D eigenvalue weighted by Gasteiger charge is 2.32. The summed E-state index contributed by atoms with van der Waals surface area (Å²) in [6.45, 7) is 2.64. The molecule has 1 atom stereocenters. The highest BCUT2D eigenvalue weighted by Crippen LogP contribution is 2.32. The lowest BCUT2D eigenvalue weighted by atomic mass is 10.0. The first-order valence-electron chi connectivity index (χ1n) is 10.5. The van der Waals surface area contributed by atoms with Crippen molar-refractivity contribution in [2.24, 2.45) is 0 Å². The van der Waals surface area contributed by atoms with Crippen molar-refractivity contribution in [3.63, 3.8) is 0 Å². The number of hydrogen-bond donors (Lipinski definition) is 1. The van der Waals surface area contributed by atoms with Gasteiger partial charge in [-0.3, -0.25) is 0 Å². The van der Waals surface area contributed by atoms with E-state index in [-0.39, 0.29) is 12.1 Å². The first-order valence-corrected chi connectivity index (χ1v) is 10.9. The Kier molecular flexibility index (Phi) is 6.70. The quantitative estimate of drug-likeness (QED) is 0.523. The monoisotopic (exact) mass is 454 g/mol. The van der Waals surface area contributed by atoms with Gasteiger partial charge in [0.25, 0.3) is 0 Å². The van der Waals surface area contributed by atoms with Crippen molar-refractivity contribution in [1.29, 1.82) is 0 Å². The fourth-order valence-corrected chi connectivity index (χ4v) is 3.74. The van der Waals surface area contributed by atoms with Gasteiger partial charge in [0.05, 0.1) is 12.2 Å². The third kappa shape index (κ3) is 4.91. The molecule has 2 amide bonds. The summed E-state index contributed by atoms with van der Waals surface area (Å²) in [5.41, 5.74) is 1.80. The molecule has 8 nitrogen and oxygen atoms in total. The van der Waals surface area contributed by atoms with Crippen molar-refractivity contribution in [1.82, 2.24) is 15.0 Å². The topological polar surface area (TPSA) is 97.6 Å². The van der Waals surface area contributed by atoms with E-state index in [4.69, 9.17) is 20.9 Å². The molecule has 1 N–H and O–H groups in total. The summed E-state index contributed by atoms with van der Waals surface area (Å²) in [5.74, 6) is 0.467. The predicted molar refractivity (Wildman–Crippen MR) is 119 cm³/mol. The molecule has 0 radical (unpaired) electrons. The minimum absolute atomic E-state index is 0.259. The van der Waals surface area contributed by atoms with E-state index in [1.165, 1.54) is 0 Å². The van der Waals surface area contributed by atoms with Crippen LogP contribution in [-0.4, -0.2) is 40.2 Å². The predicted octanol–water partition coefficient (Wildman–Crippen LogP) is 5.33. The average Bonchev–Trinajstić information content (AvgIpc) is 3.30. The second-order valence-corrected chi connectivity index (χ2v) is 7.83. The van der Waals surface area contributed by atoms with E-state index in [9.17, 15) is 9.59 Å². The number of likely N-dealkylation sites (tertiary alicyclic amines) is 1. The zero-order chi connectivity index (χ0) is 22.5. The number of nitrogens with one attached hydrogen (secondary N) is 1. The van der Waals surface area contributed by atoms with Crippen molar-refractivity contribution < 1.29 is 18.8 Å². The van der Waals surface area contributed by atoms with Crippen LogP contribution in [0.4, 0.5) is 10.5 Å². The normalized spacial score (nSPS) is 15.9. The molecule has 1 aliphatic heterocycles. The number of carbonyl (C=O) groups excluding carboxylic acids is 2. The molecular formula is C23H23ClN4O4. The second-order valence-electron chi connectivity index (χ2n) is 7.40. The van der Waals surface area contributed by atoms with Crippen molar-refractivity contribution in [3.05, 3.63) is 65.0 Å². The van der Waals surface area contributed by atoms with Crippen LogP contribution in [0.3, 0.4) is 0 Å². The van der Waals surface area contributed by atoms with Gasteiger partial charge >= 0.3 is 12.0 Å². The summed E-state index contributed by atoms with van der Waals surface area (Å²) in [7, 11) is 0. The van der Waals surface area contributed by atoms with Crippen LogP contribution in [0, 0.1) is 0 Å². The van der Waals surface area contributed by atoms with E-state index in [0.29, 0.717) is 41.1 Å². The third-order valence-electron chi connectivity index (χ3n) is 5.24. The van der Waals surface area contributed by atoms with Gasteiger partial charge in [0.1, 0.15) is 6.04 Å². The molecule has 1 aliphatic rings. The maximum Gasteiger partial charge on any atom is 0.338 e. The van der Waals surface area contributed by atoms with Crippen LogP contribution in [0.2, 0.25) is 5.02 Å². The third-order valence-corrected chi connectivity index (χ3v) is 5.49. The van der Waals surface area contributed by atoms with Crippen LogP contribution in [0.25, 0.3) is 11.4 Å². The fraction of sp³-hybridized carbons (Fsp3) is 0.304. The lowest BCUT2D eigenvalue weighted by Gasteiger charge is -2.33. The maximum atomic E-state index is 13.0. The molecule has 0 aliphatic carbocycles. The van der Waals surface area contributed by atoms with Gasteiger partial charge in [-0.2, -0.15) is 4.98 Å². The summed E-state index contributed by atoms with van der Waals surface area (Å²) >= 11 is 5.95. The van der Waals surface area contributed by atoms with Gasteiger partial charge in [-0.05, 0) is 74.7 Å². The largest absolute Gasteiger partial charge is 0.462 e. The van der Waals surface area contributed by atoms with E-state index in [1.807, 2.05) is 12.1 Å². The highest BCUT2D eigenvalue weighted by molar-refractivity contribution is 6.30.